The van der Waals surface area contributed by atoms with Gasteiger partial charge in [-0.3, -0.25) is 24.6 Å². The quantitative estimate of drug-likeness (QED) is 0.547. The van der Waals surface area contributed by atoms with E-state index in [0.29, 0.717) is 6.54 Å². The molecule has 0 atom stereocenters. The molecule has 1 aromatic carbocycles. The molecule has 1 aromatic rings. The van der Waals surface area contributed by atoms with E-state index < -0.39 is 10.8 Å². The average molecular weight is 357 g/mol. The number of anilines is 1. The lowest BCUT2D eigenvalue weighted by Crippen LogP contribution is -2.42. The maximum atomic E-state index is 12.1. The van der Waals surface area contributed by atoms with Crippen molar-refractivity contribution >= 4 is 34.8 Å². The van der Waals surface area contributed by atoms with Gasteiger partial charge in [-0.1, -0.05) is 18.5 Å². The van der Waals surface area contributed by atoms with Crippen LogP contribution >= 0.6 is 11.6 Å². The van der Waals surface area contributed by atoms with Crippen molar-refractivity contribution in [1.82, 2.24) is 10.2 Å². The summed E-state index contributed by atoms with van der Waals surface area (Å²) in [4.78, 5) is 35.9. The van der Waals surface area contributed by atoms with Gasteiger partial charge in [-0.2, -0.15) is 0 Å². The van der Waals surface area contributed by atoms with E-state index >= 15 is 0 Å². The van der Waals surface area contributed by atoms with E-state index in [0.717, 1.165) is 0 Å². The molecule has 0 fully saturated rings. The van der Waals surface area contributed by atoms with E-state index in [1.165, 1.54) is 18.2 Å². The highest BCUT2D eigenvalue weighted by atomic mass is 35.5. The van der Waals surface area contributed by atoms with Crippen LogP contribution in [0, 0.1) is 10.1 Å². The van der Waals surface area contributed by atoms with Gasteiger partial charge in [0.25, 0.3) is 5.69 Å². The summed E-state index contributed by atoms with van der Waals surface area (Å²) in [5, 5.41) is 16.5. The van der Waals surface area contributed by atoms with Crippen molar-refractivity contribution in [2.24, 2.45) is 0 Å². The molecule has 1 rings (SSSR count). The van der Waals surface area contributed by atoms with Gasteiger partial charge in [0.15, 0.2) is 0 Å². The molecule has 0 spiro atoms. The lowest BCUT2D eigenvalue weighted by atomic mass is 10.2. The summed E-state index contributed by atoms with van der Waals surface area (Å²) in [6.45, 7) is 6.00. The van der Waals surface area contributed by atoms with Crippen LogP contribution < -0.4 is 10.6 Å². The molecule has 0 aliphatic carbocycles. The number of nitro groups is 1. The van der Waals surface area contributed by atoms with Crippen LogP contribution in [0.25, 0.3) is 0 Å². The van der Waals surface area contributed by atoms with Crippen LogP contribution in [0.1, 0.15) is 20.8 Å². The average Bonchev–Trinajstić information content (AvgIpc) is 2.45. The van der Waals surface area contributed by atoms with Crippen LogP contribution in [0.3, 0.4) is 0 Å². The van der Waals surface area contributed by atoms with Crippen molar-refractivity contribution in [3.05, 3.63) is 33.3 Å². The van der Waals surface area contributed by atoms with Crippen LogP contribution in [0.2, 0.25) is 5.02 Å². The van der Waals surface area contributed by atoms with Gasteiger partial charge >= 0.3 is 0 Å². The lowest BCUT2D eigenvalue weighted by Gasteiger charge is -2.20. The summed E-state index contributed by atoms with van der Waals surface area (Å²) in [6, 6.07) is 3.94. The Morgan fingerprint density at radius 2 is 1.92 bits per heavy atom. The monoisotopic (exact) mass is 356 g/mol. The minimum Gasteiger partial charge on any atom is -0.353 e. The van der Waals surface area contributed by atoms with Crippen LogP contribution in [0.15, 0.2) is 18.2 Å². The highest BCUT2D eigenvalue weighted by Crippen LogP contribution is 2.27. The third-order valence-electron chi connectivity index (χ3n) is 3.06. The summed E-state index contributed by atoms with van der Waals surface area (Å²) in [5.74, 6) is -0.645. The number of carbonyl (C=O) groups is 2. The summed E-state index contributed by atoms with van der Waals surface area (Å²) in [7, 11) is 0. The first-order chi connectivity index (χ1) is 11.2. The Morgan fingerprint density at radius 1 is 1.29 bits per heavy atom. The standard InChI is InChI=1S/C15H21ClN4O4/c1-4-19(8-14(21)17-10(2)3)9-15(22)18-12-7-11(16)5-6-13(12)20(23)24/h5-7,10H,4,8-9H2,1-3H3,(H,17,21)(H,18,22). The molecule has 0 aliphatic rings. The van der Waals surface area contributed by atoms with E-state index in [9.17, 15) is 19.7 Å². The summed E-state index contributed by atoms with van der Waals surface area (Å²) >= 11 is 5.82. The third-order valence-corrected chi connectivity index (χ3v) is 3.30. The van der Waals surface area contributed by atoms with Gasteiger partial charge in [-0.25, -0.2) is 0 Å². The predicted octanol–water partition coefficient (Wildman–Crippen LogP) is 2.03. The minimum absolute atomic E-state index is 0.0131. The number of hydrogen-bond donors (Lipinski definition) is 2. The number of likely N-dealkylation sites (N-methyl/N-ethyl adjacent to an activating group) is 1. The Morgan fingerprint density at radius 3 is 2.46 bits per heavy atom. The first-order valence-electron chi connectivity index (χ1n) is 7.48. The second kappa shape index (κ2) is 9.19. The molecule has 0 saturated heterocycles. The van der Waals surface area contributed by atoms with Crippen molar-refractivity contribution < 1.29 is 14.5 Å². The fraction of sp³-hybridized carbons (Fsp3) is 0.467. The molecule has 24 heavy (non-hydrogen) atoms. The van der Waals surface area contributed by atoms with Crippen molar-refractivity contribution in [3.63, 3.8) is 0 Å². The zero-order valence-electron chi connectivity index (χ0n) is 13.8. The molecule has 132 valence electrons. The zero-order chi connectivity index (χ0) is 18.3. The first kappa shape index (κ1) is 19.9. The molecule has 0 aromatic heterocycles. The van der Waals surface area contributed by atoms with Gasteiger partial charge in [0.1, 0.15) is 5.69 Å². The summed E-state index contributed by atoms with van der Waals surface area (Å²) < 4.78 is 0. The Kier molecular flexibility index (Phi) is 7.60. The molecule has 2 N–H and O–H groups in total. The number of nitrogens with one attached hydrogen (secondary N) is 2. The number of carbonyl (C=O) groups excluding carboxylic acids is 2. The molecule has 9 heteroatoms. The van der Waals surface area contributed by atoms with Gasteiger partial charge in [-0.05, 0) is 32.5 Å². The topological polar surface area (TPSA) is 105 Å². The van der Waals surface area contributed by atoms with Gasteiger partial charge in [0.05, 0.1) is 18.0 Å². The summed E-state index contributed by atoms with van der Waals surface area (Å²) in [5.41, 5.74) is -0.214. The molecule has 8 nitrogen and oxygen atoms in total. The SMILES string of the molecule is CCN(CC(=O)Nc1cc(Cl)ccc1[N+](=O)[O-])CC(=O)NC(C)C. The molecule has 0 saturated carbocycles. The lowest BCUT2D eigenvalue weighted by molar-refractivity contribution is -0.383. The zero-order valence-corrected chi connectivity index (χ0v) is 14.6. The second-order valence-corrected chi connectivity index (χ2v) is 5.93. The number of nitrogens with zero attached hydrogens (tertiary/aromatic N) is 2. The van der Waals surface area contributed by atoms with Gasteiger partial charge < -0.3 is 10.6 Å². The largest absolute Gasteiger partial charge is 0.353 e. The number of hydrogen-bond acceptors (Lipinski definition) is 5. The molecular formula is C15H21ClN4O4. The van der Waals surface area contributed by atoms with Crippen LogP contribution in [0.4, 0.5) is 11.4 Å². The molecule has 2 amide bonds. The second-order valence-electron chi connectivity index (χ2n) is 5.49. The van der Waals surface area contributed by atoms with E-state index in [1.807, 2.05) is 20.8 Å². The maximum absolute atomic E-state index is 12.1. The van der Waals surface area contributed by atoms with Crippen LogP contribution in [-0.4, -0.2) is 47.3 Å². The van der Waals surface area contributed by atoms with E-state index in [1.54, 1.807) is 4.90 Å². The summed E-state index contributed by atoms with van der Waals surface area (Å²) in [6.07, 6.45) is 0. The fourth-order valence-corrected chi connectivity index (χ4v) is 2.18. The number of benzene rings is 1. The maximum Gasteiger partial charge on any atom is 0.292 e. The number of rotatable bonds is 8. The number of halogens is 1. The van der Waals surface area contributed by atoms with Crippen LogP contribution in [0.5, 0.6) is 0 Å². The predicted molar refractivity (Wildman–Crippen MR) is 92.1 cm³/mol. The van der Waals surface area contributed by atoms with Crippen molar-refractivity contribution in [2.75, 3.05) is 25.0 Å². The number of amides is 2. The Bertz CT molecular complexity index is 621. The molecule has 0 aliphatic heterocycles. The van der Waals surface area contributed by atoms with E-state index in [2.05, 4.69) is 10.6 Å². The highest BCUT2D eigenvalue weighted by Gasteiger charge is 2.18. The Balaban J connectivity index is 2.72. The molecule has 0 unspecified atom stereocenters. The Hall–Kier alpha value is -2.19. The first-order valence-corrected chi connectivity index (χ1v) is 7.86. The molecule has 0 radical (unpaired) electrons. The minimum atomic E-state index is -0.598. The van der Waals surface area contributed by atoms with Crippen molar-refractivity contribution in [1.29, 1.82) is 0 Å². The Labute approximate surface area is 145 Å². The normalized spacial score (nSPS) is 10.8. The van der Waals surface area contributed by atoms with Crippen molar-refractivity contribution in [3.8, 4) is 0 Å². The smallest absolute Gasteiger partial charge is 0.292 e. The number of nitro benzene ring substituents is 1. The van der Waals surface area contributed by atoms with E-state index in [-0.39, 0.29) is 41.4 Å². The fourth-order valence-electron chi connectivity index (χ4n) is 2.01. The van der Waals surface area contributed by atoms with Gasteiger partial charge in [0.2, 0.25) is 11.8 Å². The molecular weight excluding hydrogens is 336 g/mol. The highest BCUT2D eigenvalue weighted by molar-refractivity contribution is 6.31. The molecule has 0 heterocycles. The van der Waals surface area contributed by atoms with Gasteiger partial charge in [0, 0.05) is 17.1 Å². The molecule has 0 bridgehead atoms. The van der Waals surface area contributed by atoms with Crippen LogP contribution in [-0.2, 0) is 9.59 Å². The van der Waals surface area contributed by atoms with Gasteiger partial charge in [-0.15, -0.1) is 0 Å². The van der Waals surface area contributed by atoms with E-state index in [4.69, 9.17) is 11.6 Å². The third kappa shape index (κ3) is 6.51. The van der Waals surface area contributed by atoms with Crippen molar-refractivity contribution in [2.45, 2.75) is 26.8 Å².